The van der Waals surface area contributed by atoms with Gasteiger partial charge < -0.3 is 15.0 Å². The van der Waals surface area contributed by atoms with Gasteiger partial charge in [-0.15, -0.1) is 0 Å². The Hall–Kier alpha value is -3.34. The van der Waals surface area contributed by atoms with Gasteiger partial charge in [0.15, 0.2) is 0 Å². The molecule has 3 aromatic rings. The van der Waals surface area contributed by atoms with Crippen LogP contribution in [0, 0.1) is 0 Å². The molecule has 5 rings (SSSR count). The van der Waals surface area contributed by atoms with Crippen molar-refractivity contribution in [2.75, 3.05) is 18.6 Å². The third kappa shape index (κ3) is 2.61. The first-order chi connectivity index (χ1) is 14.4. The molecule has 1 unspecified atom stereocenters. The number of carbonyl (C=O) groups excluding carboxylic acids is 1. The summed E-state index contributed by atoms with van der Waals surface area (Å²) in [5.74, 6) is 0.889. The van der Waals surface area contributed by atoms with Crippen LogP contribution >= 0.6 is 0 Å². The molecule has 30 heavy (non-hydrogen) atoms. The zero-order valence-corrected chi connectivity index (χ0v) is 17.5. The lowest BCUT2D eigenvalue weighted by atomic mass is 9.74. The number of ether oxygens (including phenoxy) is 1. The minimum absolute atomic E-state index is 0.0816. The number of anilines is 1. The van der Waals surface area contributed by atoms with Crippen LogP contribution in [0.1, 0.15) is 31.4 Å². The van der Waals surface area contributed by atoms with Gasteiger partial charge in [0, 0.05) is 35.7 Å². The first kappa shape index (κ1) is 18.7. The maximum atomic E-state index is 12.5. The Bertz CT molecular complexity index is 1180. The van der Waals surface area contributed by atoms with E-state index in [9.17, 15) is 4.79 Å². The van der Waals surface area contributed by atoms with Crippen LogP contribution in [0.4, 0.5) is 5.69 Å². The zero-order chi connectivity index (χ0) is 20.9. The molecule has 0 radical (unpaired) electrons. The second-order valence-corrected chi connectivity index (χ2v) is 8.52. The summed E-state index contributed by atoms with van der Waals surface area (Å²) in [7, 11) is 1.66. The topological polar surface area (TPSA) is 54.5 Å². The number of benzene rings is 2. The maximum Gasteiger partial charge on any atom is 0.223 e. The molecule has 2 aliphatic heterocycles. The number of amides is 1. The maximum absolute atomic E-state index is 12.5. The molecule has 1 aromatic heterocycles. The molecular weight excluding hydrogens is 374 g/mol. The lowest BCUT2D eigenvalue weighted by Crippen LogP contribution is -2.68. The van der Waals surface area contributed by atoms with Gasteiger partial charge in [0.25, 0.3) is 0 Å². The van der Waals surface area contributed by atoms with Crippen LogP contribution in [0.2, 0.25) is 0 Å². The molecule has 0 bridgehead atoms. The highest BCUT2D eigenvalue weighted by molar-refractivity contribution is 5.85. The average molecular weight is 399 g/mol. The summed E-state index contributed by atoms with van der Waals surface area (Å²) in [5, 5.41) is 4.34. The molecule has 1 atom stereocenters. The van der Waals surface area contributed by atoms with Gasteiger partial charge >= 0.3 is 0 Å². The molecule has 3 heterocycles. The van der Waals surface area contributed by atoms with E-state index in [0.29, 0.717) is 13.0 Å². The molecule has 0 spiro atoms. The molecule has 5 nitrogen and oxygen atoms in total. The summed E-state index contributed by atoms with van der Waals surface area (Å²) < 4.78 is 5.35. The number of rotatable bonds is 3. The van der Waals surface area contributed by atoms with Crippen molar-refractivity contribution in [3.63, 3.8) is 0 Å². The molecule has 0 aliphatic carbocycles. The molecule has 1 amide bonds. The zero-order valence-electron chi connectivity index (χ0n) is 17.5. The van der Waals surface area contributed by atoms with Gasteiger partial charge in [-0.2, -0.15) is 0 Å². The molecule has 152 valence electrons. The lowest BCUT2D eigenvalue weighted by molar-refractivity contribution is -0.124. The quantitative estimate of drug-likeness (QED) is 0.715. The first-order valence-electron chi connectivity index (χ1n) is 10.3. The molecule has 5 heteroatoms. The Morgan fingerprint density at radius 2 is 2.00 bits per heavy atom. The van der Waals surface area contributed by atoms with E-state index in [1.165, 1.54) is 11.3 Å². The number of nitrogens with zero attached hydrogens (tertiary/aromatic N) is 2. The summed E-state index contributed by atoms with van der Waals surface area (Å²) in [6, 6.07) is 16.4. The first-order valence-corrected chi connectivity index (χ1v) is 10.3. The second-order valence-electron chi connectivity index (χ2n) is 8.52. The van der Waals surface area contributed by atoms with Gasteiger partial charge in [0.05, 0.1) is 12.6 Å². The van der Waals surface area contributed by atoms with Crippen molar-refractivity contribution in [2.45, 2.75) is 31.3 Å². The predicted molar refractivity (Wildman–Crippen MR) is 120 cm³/mol. The van der Waals surface area contributed by atoms with E-state index in [1.54, 1.807) is 7.11 Å². The number of nitrogens with one attached hydrogen (secondary N) is 1. The SMILES string of the molecule is COc1ccc2ncc(/C=C/C34NC(=O)CCN3c3ccccc3C4(C)C)cc2c1. The third-order valence-electron chi connectivity index (χ3n) is 6.57. The highest BCUT2D eigenvalue weighted by Gasteiger charge is 2.57. The number of pyridine rings is 1. The largest absolute Gasteiger partial charge is 0.497 e. The van der Waals surface area contributed by atoms with Crippen LogP contribution in [0.25, 0.3) is 17.0 Å². The number of carbonyl (C=O) groups is 1. The average Bonchev–Trinajstić information content (AvgIpc) is 2.95. The van der Waals surface area contributed by atoms with Crippen LogP contribution in [0.3, 0.4) is 0 Å². The highest BCUT2D eigenvalue weighted by Crippen LogP contribution is 2.52. The van der Waals surface area contributed by atoms with E-state index in [2.05, 4.69) is 71.5 Å². The summed E-state index contributed by atoms with van der Waals surface area (Å²) >= 11 is 0. The Morgan fingerprint density at radius 3 is 2.83 bits per heavy atom. The van der Waals surface area contributed by atoms with E-state index < -0.39 is 5.66 Å². The van der Waals surface area contributed by atoms with Crippen molar-refractivity contribution < 1.29 is 9.53 Å². The smallest absolute Gasteiger partial charge is 0.223 e. The highest BCUT2D eigenvalue weighted by atomic mass is 16.5. The van der Waals surface area contributed by atoms with E-state index in [1.807, 2.05) is 24.4 Å². The summed E-state index contributed by atoms with van der Waals surface area (Å²) in [4.78, 5) is 19.4. The van der Waals surface area contributed by atoms with E-state index >= 15 is 0 Å². The van der Waals surface area contributed by atoms with Crippen LogP contribution in [0.5, 0.6) is 5.75 Å². The number of aromatic nitrogens is 1. The molecular formula is C25H25N3O2. The van der Waals surface area contributed by atoms with E-state index in [0.717, 1.165) is 22.2 Å². The number of hydrogen-bond acceptors (Lipinski definition) is 4. The van der Waals surface area contributed by atoms with Crippen LogP contribution in [-0.2, 0) is 10.2 Å². The van der Waals surface area contributed by atoms with Crippen molar-refractivity contribution in [1.82, 2.24) is 10.3 Å². The fourth-order valence-electron chi connectivity index (χ4n) is 4.88. The summed E-state index contributed by atoms with van der Waals surface area (Å²) in [6.45, 7) is 5.10. The van der Waals surface area contributed by atoms with E-state index in [4.69, 9.17) is 4.74 Å². The van der Waals surface area contributed by atoms with Crippen LogP contribution in [0.15, 0.2) is 60.8 Å². The minimum atomic E-state index is -0.616. The van der Waals surface area contributed by atoms with Gasteiger partial charge in [-0.05, 0) is 47.5 Å². The van der Waals surface area contributed by atoms with Gasteiger partial charge in [-0.25, -0.2) is 0 Å². The van der Waals surface area contributed by atoms with Crippen molar-refractivity contribution >= 4 is 28.6 Å². The molecule has 1 fully saturated rings. The Labute approximate surface area is 176 Å². The number of hydrogen-bond donors (Lipinski definition) is 1. The van der Waals surface area contributed by atoms with Gasteiger partial charge in [-0.1, -0.05) is 38.1 Å². The monoisotopic (exact) mass is 399 g/mol. The van der Waals surface area contributed by atoms with E-state index in [-0.39, 0.29) is 11.3 Å². The van der Waals surface area contributed by atoms with Gasteiger partial charge in [-0.3, -0.25) is 9.78 Å². The standard InChI is InChI=1S/C25H25N3O2/c1-24(2)20-6-4-5-7-22(20)28-13-11-23(29)27-25(24,28)12-10-17-14-18-15-19(30-3)8-9-21(18)26-16-17/h4-10,12,14-16H,11,13H2,1-3H3,(H,27,29)/b12-10+. The number of para-hydroxylation sites is 1. The molecule has 2 aliphatic rings. The number of fused-ring (bicyclic) bond motifs is 4. The fourth-order valence-corrected chi connectivity index (χ4v) is 4.88. The van der Waals surface area contributed by atoms with Gasteiger partial charge in [0.1, 0.15) is 11.4 Å². The Balaban J connectivity index is 1.60. The molecule has 1 N–H and O–H groups in total. The van der Waals surface area contributed by atoms with Gasteiger partial charge in [0.2, 0.25) is 5.91 Å². The fraction of sp³-hybridized carbons (Fsp3) is 0.280. The predicted octanol–water partition coefficient (Wildman–Crippen LogP) is 4.27. The minimum Gasteiger partial charge on any atom is -0.497 e. The Kier molecular flexibility index (Phi) is 4.10. The summed E-state index contributed by atoms with van der Waals surface area (Å²) in [6.07, 6.45) is 6.56. The van der Waals surface area contributed by atoms with Crippen molar-refractivity contribution in [3.8, 4) is 5.75 Å². The Morgan fingerprint density at radius 1 is 1.17 bits per heavy atom. The normalized spacial score (nSPS) is 22.1. The summed E-state index contributed by atoms with van der Waals surface area (Å²) in [5.41, 5.74) is 3.44. The molecule has 2 aromatic carbocycles. The van der Waals surface area contributed by atoms with Crippen molar-refractivity contribution in [3.05, 3.63) is 71.9 Å². The molecule has 1 saturated heterocycles. The van der Waals surface area contributed by atoms with Crippen LogP contribution in [-0.4, -0.2) is 30.2 Å². The van der Waals surface area contributed by atoms with Crippen molar-refractivity contribution in [2.24, 2.45) is 0 Å². The van der Waals surface area contributed by atoms with Crippen molar-refractivity contribution in [1.29, 1.82) is 0 Å². The number of methoxy groups -OCH3 is 1. The molecule has 0 saturated carbocycles. The van der Waals surface area contributed by atoms with Crippen LogP contribution < -0.4 is 15.0 Å². The second kappa shape index (κ2) is 6.59. The third-order valence-corrected chi connectivity index (χ3v) is 6.57. The lowest BCUT2D eigenvalue weighted by Gasteiger charge is -2.49.